The number of hydrogen-bond acceptors (Lipinski definition) is 8. The molecule has 3 aromatic rings. The molecule has 1 saturated heterocycles. The summed E-state index contributed by atoms with van der Waals surface area (Å²) >= 11 is 0. The average molecular weight is 535 g/mol. The van der Waals surface area contributed by atoms with Gasteiger partial charge < -0.3 is 25.0 Å². The van der Waals surface area contributed by atoms with Gasteiger partial charge in [0.1, 0.15) is 6.33 Å². The Kier molecular flexibility index (Phi) is 8.25. The molecule has 0 atom stereocenters. The second-order valence-corrected chi connectivity index (χ2v) is 8.70. The number of anilines is 4. The second kappa shape index (κ2) is 11.6. The standard InChI is InChI=1S/C25H26F4N6O3/c1-15-20(32-16(2)36)4-3-5-21(15)33-23-30-14-31-24(34-23)35-10-8-18(9-11-35)37-13-17-6-7-22(19(26)12-17)38-25(27,28)29/h3-7,12,14,18H,8-11,13H2,1-2H3,(H,32,36)(H,30,31,33,34). The Bertz CT molecular complexity index is 1280. The lowest BCUT2D eigenvalue weighted by atomic mass is 10.1. The monoisotopic (exact) mass is 534 g/mol. The van der Waals surface area contributed by atoms with Crippen molar-refractivity contribution in [2.75, 3.05) is 28.6 Å². The topological polar surface area (TPSA) is 102 Å². The molecule has 0 aliphatic carbocycles. The van der Waals surface area contributed by atoms with Crippen LogP contribution < -0.4 is 20.3 Å². The van der Waals surface area contributed by atoms with E-state index in [0.29, 0.717) is 49.1 Å². The summed E-state index contributed by atoms with van der Waals surface area (Å²) in [6.45, 7) is 4.60. The number of amides is 1. The van der Waals surface area contributed by atoms with Crippen LogP contribution in [0.4, 0.5) is 40.8 Å². The smallest absolute Gasteiger partial charge is 0.403 e. The van der Waals surface area contributed by atoms with Crippen LogP contribution in [0.5, 0.6) is 5.75 Å². The number of alkyl halides is 3. The van der Waals surface area contributed by atoms with Crippen molar-refractivity contribution < 1.29 is 31.8 Å². The molecule has 0 spiro atoms. The average Bonchev–Trinajstić information content (AvgIpc) is 2.86. The van der Waals surface area contributed by atoms with Crippen LogP contribution in [0.1, 0.15) is 30.9 Å². The zero-order valence-corrected chi connectivity index (χ0v) is 20.7. The van der Waals surface area contributed by atoms with Crippen LogP contribution in [0.25, 0.3) is 0 Å². The minimum absolute atomic E-state index is 0.0601. The molecule has 13 heteroatoms. The highest BCUT2D eigenvalue weighted by Crippen LogP contribution is 2.28. The number of aromatic nitrogens is 3. The maximum absolute atomic E-state index is 13.9. The van der Waals surface area contributed by atoms with Gasteiger partial charge >= 0.3 is 6.36 Å². The zero-order chi connectivity index (χ0) is 27.3. The molecule has 0 saturated carbocycles. The molecule has 2 N–H and O–H groups in total. The number of carbonyl (C=O) groups is 1. The Morgan fingerprint density at radius 1 is 1.13 bits per heavy atom. The number of piperidine rings is 1. The van der Waals surface area contributed by atoms with Crippen molar-refractivity contribution in [3.63, 3.8) is 0 Å². The van der Waals surface area contributed by atoms with E-state index in [1.165, 1.54) is 19.3 Å². The molecule has 0 radical (unpaired) electrons. The van der Waals surface area contributed by atoms with E-state index >= 15 is 0 Å². The first-order valence-electron chi connectivity index (χ1n) is 11.8. The maximum Gasteiger partial charge on any atom is 0.573 e. The number of benzene rings is 2. The molecule has 1 amide bonds. The summed E-state index contributed by atoms with van der Waals surface area (Å²) in [5.41, 5.74) is 2.68. The van der Waals surface area contributed by atoms with Crippen molar-refractivity contribution in [2.45, 2.75) is 45.8 Å². The molecule has 202 valence electrons. The van der Waals surface area contributed by atoms with Gasteiger partial charge in [0, 0.05) is 31.4 Å². The third-order valence-electron chi connectivity index (χ3n) is 5.88. The van der Waals surface area contributed by atoms with E-state index in [1.54, 1.807) is 6.07 Å². The second-order valence-electron chi connectivity index (χ2n) is 8.70. The largest absolute Gasteiger partial charge is 0.573 e. The fraction of sp³-hybridized carbons (Fsp3) is 0.360. The van der Waals surface area contributed by atoms with Gasteiger partial charge in [0.25, 0.3) is 0 Å². The summed E-state index contributed by atoms with van der Waals surface area (Å²) in [6.07, 6.45) is -2.34. The van der Waals surface area contributed by atoms with Crippen LogP contribution in [0.3, 0.4) is 0 Å². The maximum atomic E-state index is 13.9. The Morgan fingerprint density at radius 3 is 2.55 bits per heavy atom. The van der Waals surface area contributed by atoms with Crippen LogP contribution in [-0.4, -0.2) is 46.4 Å². The summed E-state index contributed by atoms with van der Waals surface area (Å²) in [5, 5.41) is 5.95. The molecular weight excluding hydrogens is 508 g/mol. The lowest BCUT2D eigenvalue weighted by molar-refractivity contribution is -0.275. The van der Waals surface area contributed by atoms with Gasteiger partial charge in [0.15, 0.2) is 11.6 Å². The first kappa shape index (κ1) is 27.0. The quantitative estimate of drug-likeness (QED) is 0.385. The van der Waals surface area contributed by atoms with Crippen LogP contribution in [-0.2, 0) is 16.1 Å². The van der Waals surface area contributed by atoms with Crippen molar-refractivity contribution in [3.8, 4) is 5.75 Å². The van der Waals surface area contributed by atoms with E-state index in [4.69, 9.17) is 4.74 Å². The first-order chi connectivity index (χ1) is 18.1. The molecule has 1 aliphatic rings. The van der Waals surface area contributed by atoms with Crippen LogP contribution in [0, 0.1) is 12.7 Å². The number of nitrogens with one attached hydrogen (secondary N) is 2. The molecule has 4 rings (SSSR count). The number of ether oxygens (including phenoxy) is 2. The molecule has 2 heterocycles. The van der Waals surface area contributed by atoms with E-state index in [1.807, 2.05) is 24.0 Å². The Morgan fingerprint density at radius 2 is 1.87 bits per heavy atom. The molecule has 1 fully saturated rings. The molecule has 1 aromatic heterocycles. The SMILES string of the molecule is CC(=O)Nc1cccc(Nc2ncnc(N3CCC(OCc4ccc(OC(F)(F)F)c(F)c4)CC3)n2)c1C. The lowest BCUT2D eigenvalue weighted by Crippen LogP contribution is -2.38. The highest BCUT2D eigenvalue weighted by Gasteiger charge is 2.32. The van der Waals surface area contributed by atoms with Crippen LogP contribution >= 0.6 is 0 Å². The van der Waals surface area contributed by atoms with Gasteiger partial charge in [-0.25, -0.2) is 14.4 Å². The van der Waals surface area contributed by atoms with Crippen molar-refractivity contribution in [1.29, 1.82) is 0 Å². The Balaban J connectivity index is 1.31. The van der Waals surface area contributed by atoms with Crippen molar-refractivity contribution >= 4 is 29.2 Å². The van der Waals surface area contributed by atoms with Gasteiger partial charge in [0.2, 0.25) is 17.8 Å². The molecule has 0 bridgehead atoms. The van der Waals surface area contributed by atoms with Crippen molar-refractivity contribution in [2.24, 2.45) is 0 Å². The summed E-state index contributed by atoms with van der Waals surface area (Å²) in [4.78, 5) is 26.4. The minimum atomic E-state index is -4.96. The molecule has 1 aliphatic heterocycles. The van der Waals surface area contributed by atoms with E-state index < -0.39 is 17.9 Å². The number of carbonyl (C=O) groups excluding carboxylic acids is 1. The van der Waals surface area contributed by atoms with E-state index in [-0.39, 0.29) is 18.6 Å². The lowest BCUT2D eigenvalue weighted by Gasteiger charge is -2.32. The first-order valence-corrected chi connectivity index (χ1v) is 11.8. The molecule has 9 nitrogen and oxygen atoms in total. The van der Waals surface area contributed by atoms with Crippen molar-refractivity contribution in [1.82, 2.24) is 15.0 Å². The van der Waals surface area contributed by atoms with Crippen molar-refractivity contribution in [3.05, 3.63) is 59.7 Å². The van der Waals surface area contributed by atoms with Gasteiger partial charge in [-0.2, -0.15) is 4.98 Å². The minimum Gasteiger partial charge on any atom is -0.403 e. The van der Waals surface area contributed by atoms with E-state index in [9.17, 15) is 22.4 Å². The number of hydrogen-bond donors (Lipinski definition) is 2. The van der Waals surface area contributed by atoms with Crippen LogP contribution in [0.2, 0.25) is 0 Å². The van der Waals surface area contributed by atoms with Gasteiger partial charge in [-0.3, -0.25) is 4.79 Å². The number of halogens is 4. The number of rotatable bonds is 8. The third-order valence-corrected chi connectivity index (χ3v) is 5.88. The third kappa shape index (κ3) is 7.28. The molecule has 38 heavy (non-hydrogen) atoms. The Labute approximate surface area is 216 Å². The van der Waals surface area contributed by atoms with Gasteiger partial charge in [-0.15, -0.1) is 13.2 Å². The van der Waals surface area contributed by atoms with Crippen LogP contribution in [0.15, 0.2) is 42.7 Å². The molecular formula is C25H26F4N6O3. The fourth-order valence-corrected chi connectivity index (χ4v) is 3.99. The van der Waals surface area contributed by atoms with Gasteiger partial charge in [-0.1, -0.05) is 12.1 Å². The highest BCUT2D eigenvalue weighted by molar-refractivity contribution is 5.90. The highest BCUT2D eigenvalue weighted by atomic mass is 19.4. The predicted octanol–water partition coefficient (Wildman–Crippen LogP) is 5.11. The van der Waals surface area contributed by atoms with E-state index in [0.717, 1.165) is 23.4 Å². The normalized spacial score (nSPS) is 14.3. The van der Waals surface area contributed by atoms with Gasteiger partial charge in [-0.05, 0) is 55.2 Å². The number of nitrogens with zero attached hydrogens (tertiary/aromatic N) is 4. The van der Waals surface area contributed by atoms with Gasteiger partial charge in [0.05, 0.1) is 12.7 Å². The summed E-state index contributed by atoms with van der Waals surface area (Å²) in [5.74, 6) is -1.29. The molecule has 0 unspecified atom stereocenters. The fourth-order valence-electron chi connectivity index (χ4n) is 3.99. The summed E-state index contributed by atoms with van der Waals surface area (Å²) < 4.78 is 60.3. The summed E-state index contributed by atoms with van der Waals surface area (Å²) in [6, 6.07) is 8.73. The Hall–Kier alpha value is -4.00. The zero-order valence-electron chi connectivity index (χ0n) is 20.7. The summed E-state index contributed by atoms with van der Waals surface area (Å²) in [7, 11) is 0. The molecule has 2 aromatic carbocycles. The predicted molar refractivity (Wildman–Crippen MR) is 132 cm³/mol. The van der Waals surface area contributed by atoms with E-state index in [2.05, 4.69) is 30.3 Å².